The maximum atomic E-state index is 12.0. The molecule has 3 N–H and O–H groups in total. The van der Waals surface area contributed by atoms with Crippen LogP contribution in [0.25, 0.3) is 0 Å². The van der Waals surface area contributed by atoms with Crippen LogP contribution in [0.2, 0.25) is 0 Å². The number of amides is 3. The molecule has 2 heterocycles. The number of aromatic nitrogens is 1. The van der Waals surface area contributed by atoms with E-state index in [4.69, 9.17) is 5.11 Å². The van der Waals surface area contributed by atoms with Gasteiger partial charge in [-0.3, -0.25) is 5.32 Å². The van der Waals surface area contributed by atoms with Crippen LogP contribution >= 0.6 is 11.3 Å². The first-order chi connectivity index (χ1) is 12.5. The number of piperazine rings is 1. The average Bonchev–Trinajstić information content (AvgIpc) is 3.10. The van der Waals surface area contributed by atoms with E-state index < -0.39 is 6.09 Å². The van der Waals surface area contributed by atoms with Crippen molar-refractivity contribution in [1.29, 1.82) is 0 Å². The van der Waals surface area contributed by atoms with Gasteiger partial charge in [-0.25, -0.2) is 14.6 Å². The van der Waals surface area contributed by atoms with Gasteiger partial charge in [0.2, 0.25) is 0 Å². The number of aryl methyl sites for hydroxylation is 1. The molecule has 1 aliphatic heterocycles. The second-order valence-electron chi connectivity index (χ2n) is 5.88. The summed E-state index contributed by atoms with van der Waals surface area (Å²) in [5.74, 6) is 0. The molecule has 0 spiro atoms. The van der Waals surface area contributed by atoms with Crippen LogP contribution in [0.5, 0.6) is 0 Å². The fourth-order valence-corrected chi connectivity index (χ4v) is 3.49. The van der Waals surface area contributed by atoms with Crippen LogP contribution in [0, 0.1) is 0 Å². The zero-order valence-corrected chi connectivity index (χ0v) is 15.3. The van der Waals surface area contributed by atoms with Crippen molar-refractivity contribution in [3.63, 3.8) is 0 Å². The lowest BCUT2D eigenvalue weighted by Crippen LogP contribution is -2.48. The van der Waals surface area contributed by atoms with E-state index in [0.29, 0.717) is 37.0 Å². The number of anilines is 3. The number of carbonyl (C=O) groups is 2. The minimum atomic E-state index is -0.874. The van der Waals surface area contributed by atoms with Crippen LogP contribution in [0.4, 0.5) is 26.1 Å². The molecule has 3 rings (SSSR count). The number of nitrogens with one attached hydrogen (secondary N) is 2. The number of nitrogens with zero attached hydrogens (tertiary/aromatic N) is 3. The van der Waals surface area contributed by atoms with Crippen molar-refractivity contribution in [2.24, 2.45) is 0 Å². The van der Waals surface area contributed by atoms with Crippen molar-refractivity contribution in [3.8, 4) is 0 Å². The highest BCUT2D eigenvalue weighted by Gasteiger charge is 2.20. The first kappa shape index (κ1) is 18.0. The van der Waals surface area contributed by atoms with Gasteiger partial charge in [0.1, 0.15) is 0 Å². The van der Waals surface area contributed by atoms with Gasteiger partial charge in [-0.15, -0.1) is 11.3 Å². The molecule has 0 aliphatic carbocycles. The third-order valence-electron chi connectivity index (χ3n) is 4.17. The van der Waals surface area contributed by atoms with Crippen molar-refractivity contribution in [2.45, 2.75) is 13.3 Å². The van der Waals surface area contributed by atoms with Gasteiger partial charge in [0, 0.05) is 42.9 Å². The third kappa shape index (κ3) is 4.42. The smallest absolute Gasteiger partial charge is 0.407 e. The van der Waals surface area contributed by atoms with E-state index in [1.165, 1.54) is 16.2 Å². The lowest BCUT2D eigenvalue weighted by Gasteiger charge is -2.34. The van der Waals surface area contributed by atoms with Gasteiger partial charge in [-0.05, 0) is 30.7 Å². The number of thiazole rings is 1. The van der Waals surface area contributed by atoms with Crippen LogP contribution in [-0.4, -0.2) is 53.3 Å². The van der Waals surface area contributed by atoms with Crippen molar-refractivity contribution < 1.29 is 14.7 Å². The average molecular weight is 375 g/mol. The second-order valence-corrected chi connectivity index (χ2v) is 6.74. The largest absolute Gasteiger partial charge is 0.465 e. The molecule has 1 aromatic heterocycles. The van der Waals surface area contributed by atoms with Crippen molar-refractivity contribution >= 4 is 40.0 Å². The quantitative estimate of drug-likeness (QED) is 0.763. The maximum absolute atomic E-state index is 12.0. The van der Waals surface area contributed by atoms with Gasteiger partial charge >= 0.3 is 12.1 Å². The topological polar surface area (TPSA) is 97.8 Å². The summed E-state index contributed by atoms with van der Waals surface area (Å²) in [5, 5.41) is 17.0. The number of carbonyl (C=O) groups excluding carboxylic acids is 1. The highest BCUT2D eigenvalue weighted by atomic mass is 32.1. The Labute approximate surface area is 155 Å². The van der Waals surface area contributed by atoms with E-state index in [-0.39, 0.29) is 6.03 Å². The van der Waals surface area contributed by atoms with Gasteiger partial charge in [-0.2, -0.15) is 0 Å². The highest BCUT2D eigenvalue weighted by molar-refractivity contribution is 7.13. The molecule has 0 atom stereocenters. The van der Waals surface area contributed by atoms with Gasteiger partial charge in [0.15, 0.2) is 5.13 Å². The molecular weight excluding hydrogens is 354 g/mol. The Hall–Kier alpha value is -2.81. The molecule has 1 aliphatic rings. The Kier molecular flexibility index (Phi) is 5.57. The number of carboxylic acid groups (broad SMARTS) is 1. The third-order valence-corrected chi connectivity index (χ3v) is 4.98. The summed E-state index contributed by atoms with van der Waals surface area (Å²) in [6.45, 7) is 4.31. The standard InChI is InChI=1S/C17H21N5O3S/c1-2-12-11-26-16(19-12)20-15(23)18-13-3-5-14(6-4-13)21-7-9-22(10-8-21)17(24)25/h3-6,11H,2,7-10H2,1H3,(H,24,25)(H2,18,19,20,23). The summed E-state index contributed by atoms with van der Waals surface area (Å²) >= 11 is 1.40. The lowest BCUT2D eigenvalue weighted by atomic mass is 10.2. The molecule has 9 heteroatoms. The number of benzene rings is 1. The SMILES string of the molecule is CCc1csc(NC(=O)Nc2ccc(N3CCN(C(=O)O)CC3)cc2)n1. The molecule has 1 aromatic carbocycles. The van der Waals surface area contributed by atoms with E-state index in [1.54, 1.807) is 0 Å². The first-order valence-electron chi connectivity index (χ1n) is 8.40. The Balaban J connectivity index is 1.52. The Morgan fingerprint density at radius 2 is 1.85 bits per heavy atom. The van der Waals surface area contributed by atoms with E-state index in [0.717, 1.165) is 17.8 Å². The summed E-state index contributed by atoms with van der Waals surface area (Å²) in [6.07, 6.45) is -0.0383. The van der Waals surface area contributed by atoms with Crippen molar-refractivity contribution in [2.75, 3.05) is 41.7 Å². The Morgan fingerprint density at radius 1 is 1.15 bits per heavy atom. The molecule has 0 unspecified atom stereocenters. The predicted molar refractivity (Wildman–Crippen MR) is 102 cm³/mol. The van der Waals surface area contributed by atoms with Gasteiger partial charge in [0.25, 0.3) is 0 Å². The fourth-order valence-electron chi connectivity index (χ4n) is 2.70. The number of hydrogen-bond donors (Lipinski definition) is 3. The molecule has 138 valence electrons. The molecule has 8 nitrogen and oxygen atoms in total. The lowest BCUT2D eigenvalue weighted by molar-refractivity contribution is 0.142. The monoisotopic (exact) mass is 375 g/mol. The molecule has 26 heavy (non-hydrogen) atoms. The minimum Gasteiger partial charge on any atom is -0.465 e. The summed E-state index contributed by atoms with van der Waals surface area (Å²) in [7, 11) is 0. The molecule has 0 radical (unpaired) electrons. The van der Waals surface area contributed by atoms with Crippen LogP contribution in [0.15, 0.2) is 29.6 Å². The minimum absolute atomic E-state index is 0.329. The van der Waals surface area contributed by atoms with Crippen LogP contribution in [0.3, 0.4) is 0 Å². The van der Waals surface area contributed by atoms with Crippen molar-refractivity contribution in [1.82, 2.24) is 9.88 Å². The van der Waals surface area contributed by atoms with E-state index in [9.17, 15) is 9.59 Å². The van der Waals surface area contributed by atoms with Gasteiger partial charge < -0.3 is 20.2 Å². The zero-order valence-electron chi connectivity index (χ0n) is 14.4. The van der Waals surface area contributed by atoms with Crippen molar-refractivity contribution in [3.05, 3.63) is 35.3 Å². The molecule has 1 fully saturated rings. The van der Waals surface area contributed by atoms with Gasteiger partial charge in [-0.1, -0.05) is 6.92 Å². The highest BCUT2D eigenvalue weighted by Crippen LogP contribution is 2.20. The number of urea groups is 1. The number of rotatable bonds is 4. The predicted octanol–water partition coefficient (Wildman–Crippen LogP) is 3.15. The van der Waals surface area contributed by atoms with Gasteiger partial charge in [0.05, 0.1) is 5.69 Å². The molecular formula is C17H21N5O3S. The van der Waals surface area contributed by atoms with E-state index in [2.05, 4.69) is 20.5 Å². The van der Waals surface area contributed by atoms with E-state index >= 15 is 0 Å². The fraction of sp³-hybridized carbons (Fsp3) is 0.353. The molecule has 2 aromatic rings. The van der Waals surface area contributed by atoms with Crippen LogP contribution in [0.1, 0.15) is 12.6 Å². The number of hydrogen-bond acceptors (Lipinski definition) is 5. The summed E-state index contributed by atoms with van der Waals surface area (Å²) in [4.78, 5) is 30.8. The Morgan fingerprint density at radius 3 is 2.42 bits per heavy atom. The molecule has 0 bridgehead atoms. The molecule has 1 saturated heterocycles. The maximum Gasteiger partial charge on any atom is 0.407 e. The van der Waals surface area contributed by atoms with Crippen LogP contribution < -0.4 is 15.5 Å². The zero-order chi connectivity index (χ0) is 18.5. The molecule has 0 saturated carbocycles. The van der Waals surface area contributed by atoms with E-state index in [1.807, 2.05) is 36.6 Å². The summed E-state index contributed by atoms with van der Waals surface area (Å²) < 4.78 is 0. The molecule has 3 amide bonds. The Bertz CT molecular complexity index is 769. The first-order valence-corrected chi connectivity index (χ1v) is 9.28. The second kappa shape index (κ2) is 8.05. The summed E-state index contributed by atoms with van der Waals surface area (Å²) in [6, 6.07) is 7.18. The summed E-state index contributed by atoms with van der Waals surface area (Å²) in [5.41, 5.74) is 2.65. The van der Waals surface area contributed by atoms with Crippen LogP contribution in [-0.2, 0) is 6.42 Å². The normalized spacial score (nSPS) is 14.2.